The Morgan fingerprint density at radius 3 is 2.54 bits per heavy atom. The van der Waals surface area contributed by atoms with Crippen molar-refractivity contribution in [1.29, 1.82) is 0 Å². The molecule has 1 aliphatic rings. The first kappa shape index (κ1) is 17.5. The van der Waals surface area contributed by atoms with Crippen LogP contribution in [0.4, 0.5) is 13.2 Å². The number of fused-ring (bicyclic) bond motifs is 1. The van der Waals surface area contributed by atoms with E-state index in [4.69, 9.17) is 14.9 Å². The highest BCUT2D eigenvalue weighted by Gasteiger charge is 2.45. The normalized spacial score (nSPS) is 16.8. The number of alkyl halides is 3. The maximum absolute atomic E-state index is 13.4. The molecule has 7 nitrogen and oxygen atoms in total. The van der Waals surface area contributed by atoms with Crippen LogP contribution in [0.2, 0.25) is 0 Å². The van der Waals surface area contributed by atoms with Crippen LogP contribution in [0, 0.1) is 17.0 Å². The second-order valence-corrected chi connectivity index (χ2v) is 5.55. The number of nitro groups is 1. The molecule has 0 aliphatic carbocycles. The van der Waals surface area contributed by atoms with Crippen LogP contribution in [-0.4, -0.2) is 4.92 Å². The van der Waals surface area contributed by atoms with E-state index >= 15 is 0 Å². The molecule has 2 aromatic rings. The number of nitrogens with zero attached hydrogens (tertiary/aromatic N) is 1. The zero-order chi connectivity index (χ0) is 19.2. The van der Waals surface area contributed by atoms with Gasteiger partial charge in [-0.1, -0.05) is 18.2 Å². The molecule has 0 fully saturated rings. The van der Waals surface area contributed by atoms with Gasteiger partial charge in [0.25, 0.3) is 5.88 Å². The van der Waals surface area contributed by atoms with E-state index in [1.807, 2.05) is 0 Å². The maximum Gasteiger partial charge on any atom is 0.416 e. The Kier molecular flexibility index (Phi) is 3.98. The number of nitrogens with two attached hydrogens (primary N) is 1. The minimum atomic E-state index is -4.80. The number of aryl methyl sites for hydroxylation is 1. The molecule has 0 amide bonds. The Balaban J connectivity index is 2.39. The van der Waals surface area contributed by atoms with Crippen molar-refractivity contribution in [3.63, 3.8) is 0 Å². The van der Waals surface area contributed by atoms with E-state index in [0.29, 0.717) is 0 Å². The molecule has 2 N–H and O–H groups in total. The van der Waals surface area contributed by atoms with Gasteiger partial charge < -0.3 is 14.9 Å². The first-order valence-electron chi connectivity index (χ1n) is 7.24. The zero-order valence-corrected chi connectivity index (χ0v) is 13.2. The predicted octanol–water partition coefficient (Wildman–Crippen LogP) is 2.90. The van der Waals surface area contributed by atoms with Crippen molar-refractivity contribution in [1.82, 2.24) is 0 Å². The molecule has 2 heterocycles. The fraction of sp³-hybridized carbons (Fsp3) is 0.188. The Morgan fingerprint density at radius 2 is 1.92 bits per heavy atom. The summed E-state index contributed by atoms with van der Waals surface area (Å²) < 4.78 is 50.3. The minimum absolute atomic E-state index is 0.119. The van der Waals surface area contributed by atoms with Crippen molar-refractivity contribution in [2.75, 3.05) is 0 Å². The molecule has 10 heteroatoms. The first-order valence-corrected chi connectivity index (χ1v) is 7.24. The van der Waals surface area contributed by atoms with Gasteiger partial charge in [0, 0.05) is 6.07 Å². The van der Waals surface area contributed by atoms with Crippen molar-refractivity contribution >= 4 is 0 Å². The van der Waals surface area contributed by atoms with Gasteiger partial charge >= 0.3 is 17.5 Å². The molecule has 1 aromatic heterocycles. The van der Waals surface area contributed by atoms with Gasteiger partial charge in [-0.2, -0.15) is 13.2 Å². The molecule has 0 saturated carbocycles. The molecule has 1 atom stereocenters. The lowest BCUT2D eigenvalue weighted by Gasteiger charge is -2.25. The highest BCUT2D eigenvalue weighted by molar-refractivity contribution is 5.51. The fourth-order valence-corrected chi connectivity index (χ4v) is 2.89. The lowest BCUT2D eigenvalue weighted by atomic mass is 9.84. The molecule has 1 aliphatic heterocycles. The van der Waals surface area contributed by atoms with Gasteiger partial charge in [0.15, 0.2) is 0 Å². The minimum Gasteiger partial charge on any atom is -0.435 e. The van der Waals surface area contributed by atoms with Gasteiger partial charge in [0.05, 0.1) is 16.1 Å². The summed E-state index contributed by atoms with van der Waals surface area (Å²) in [7, 11) is 0. The second kappa shape index (κ2) is 5.90. The highest BCUT2D eigenvalue weighted by Crippen LogP contribution is 2.45. The monoisotopic (exact) mass is 368 g/mol. The molecule has 1 aromatic carbocycles. The smallest absolute Gasteiger partial charge is 0.416 e. The summed E-state index contributed by atoms with van der Waals surface area (Å²) in [6.07, 6.45) is -4.80. The molecule has 0 radical (unpaired) electrons. The summed E-state index contributed by atoms with van der Waals surface area (Å²) in [4.78, 5) is 22.8. The Hall–Kier alpha value is -3.30. The number of allylic oxidation sites excluding steroid dienone is 1. The lowest BCUT2D eigenvalue weighted by molar-refractivity contribution is -0.432. The van der Waals surface area contributed by atoms with Crippen molar-refractivity contribution in [2.45, 2.75) is 19.0 Å². The standard InChI is InChI=1S/C16H11F3N2O5/c1-7-6-10-12(15(22)25-7)11(13(21(23)24)14(20)26-10)8-4-2-3-5-9(8)16(17,18)19/h2-6,11H,20H2,1H3/t11-/m1/s1. The summed E-state index contributed by atoms with van der Waals surface area (Å²) in [5, 5.41) is 11.5. The second-order valence-electron chi connectivity index (χ2n) is 5.55. The van der Waals surface area contributed by atoms with E-state index in [1.54, 1.807) is 0 Å². The number of ether oxygens (including phenoxy) is 1. The van der Waals surface area contributed by atoms with Crippen LogP contribution in [0.1, 0.15) is 28.4 Å². The van der Waals surface area contributed by atoms with Crippen LogP contribution in [0.15, 0.2) is 51.1 Å². The highest BCUT2D eigenvalue weighted by atomic mass is 19.4. The third-order valence-electron chi connectivity index (χ3n) is 3.88. The number of hydrogen-bond acceptors (Lipinski definition) is 6. The number of halogens is 3. The van der Waals surface area contributed by atoms with Crippen LogP contribution in [-0.2, 0) is 6.18 Å². The van der Waals surface area contributed by atoms with Gasteiger partial charge in [-0.25, -0.2) is 4.79 Å². The molecule has 0 unspecified atom stereocenters. The zero-order valence-electron chi connectivity index (χ0n) is 13.2. The van der Waals surface area contributed by atoms with Crippen LogP contribution in [0.3, 0.4) is 0 Å². The number of hydrogen-bond donors (Lipinski definition) is 1. The largest absolute Gasteiger partial charge is 0.435 e. The van der Waals surface area contributed by atoms with Crippen molar-refractivity contribution < 1.29 is 27.2 Å². The quantitative estimate of drug-likeness (QED) is 0.645. The summed E-state index contributed by atoms with van der Waals surface area (Å²) in [6.45, 7) is 1.42. The predicted molar refractivity (Wildman–Crippen MR) is 81.8 cm³/mol. The van der Waals surface area contributed by atoms with E-state index < -0.39 is 50.9 Å². The molecular formula is C16H11F3N2O5. The van der Waals surface area contributed by atoms with Crippen molar-refractivity contribution in [3.8, 4) is 5.75 Å². The SMILES string of the molecule is Cc1cc2c(c(=O)o1)[C@@H](c1ccccc1C(F)(F)F)C([N+](=O)[O-])=C(N)O2. The van der Waals surface area contributed by atoms with E-state index in [9.17, 15) is 28.1 Å². The van der Waals surface area contributed by atoms with E-state index in [0.717, 1.165) is 18.2 Å². The van der Waals surface area contributed by atoms with Gasteiger partial charge in [-0.05, 0) is 18.6 Å². The van der Waals surface area contributed by atoms with E-state index in [2.05, 4.69) is 0 Å². The van der Waals surface area contributed by atoms with Gasteiger partial charge in [0.1, 0.15) is 17.4 Å². The molecule has 136 valence electrons. The van der Waals surface area contributed by atoms with Crippen LogP contribution in [0.5, 0.6) is 5.75 Å². The van der Waals surface area contributed by atoms with Crippen LogP contribution in [0.25, 0.3) is 0 Å². The van der Waals surface area contributed by atoms with Gasteiger partial charge in [0.2, 0.25) is 0 Å². The topological polar surface area (TPSA) is 109 Å². The molecule has 0 saturated heterocycles. The van der Waals surface area contributed by atoms with Gasteiger partial charge in [-0.15, -0.1) is 0 Å². The third kappa shape index (κ3) is 2.79. The number of benzene rings is 1. The van der Waals surface area contributed by atoms with Crippen molar-refractivity contribution in [3.05, 3.63) is 84.9 Å². The molecule has 3 rings (SSSR count). The Labute approximate surface area is 143 Å². The van der Waals surface area contributed by atoms with Crippen molar-refractivity contribution in [2.24, 2.45) is 5.73 Å². The summed E-state index contributed by atoms with van der Waals surface area (Å²) >= 11 is 0. The van der Waals surface area contributed by atoms with E-state index in [1.165, 1.54) is 19.1 Å². The first-order chi connectivity index (χ1) is 12.1. The van der Waals surface area contributed by atoms with Crippen LogP contribution >= 0.6 is 0 Å². The Bertz CT molecular complexity index is 994. The maximum atomic E-state index is 13.4. The molecule has 0 spiro atoms. The van der Waals surface area contributed by atoms with Gasteiger partial charge in [-0.3, -0.25) is 10.1 Å². The molecule has 26 heavy (non-hydrogen) atoms. The lowest BCUT2D eigenvalue weighted by Crippen LogP contribution is -2.31. The Morgan fingerprint density at radius 1 is 1.27 bits per heavy atom. The fourth-order valence-electron chi connectivity index (χ4n) is 2.89. The van der Waals surface area contributed by atoms with E-state index in [-0.39, 0.29) is 11.5 Å². The molecule has 0 bridgehead atoms. The average Bonchev–Trinajstić information content (AvgIpc) is 2.52. The summed E-state index contributed by atoms with van der Waals surface area (Å²) in [5.41, 5.74) is 1.67. The molecular weight excluding hydrogens is 357 g/mol. The summed E-state index contributed by atoms with van der Waals surface area (Å²) in [5.74, 6) is -2.43. The van der Waals surface area contributed by atoms with Crippen LogP contribution < -0.4 is 16.1 Å². The average molecular weight is 368 g/mol. The summed E-state index contributed by atoms with van der Waals surface area (Å²) in [6, 6.07) is 5.49. The third-order valence-corrected chi connectivity index (χ3v) is 3.88. The number of rotatable bonds is 2.